The molecule has 0 heterocycles. The van der Waals surface area contributed by atoms with Gasteiger partial charge < -0.3 is 9.80 Å². The Bertz CT molecular complexity index is 2310. The van der Waals surface area contributed by atoms with Gasteiger partial charge in [0.1, 0.15) is 0 Å². The fraction of sp³-hybridized carbons (Fsp3) is 0.231. The number of para-hydroxylation sites is 2. The van der Waals surface area contributed by atoms with Gasteiger partial charge in [0.15, 0.2) is 0 Å². The summed E-state index contributed by atoms with van der Waals surface area (Å²) in [7, 11) is 0. The molecule has 0 radical (unpaired) electrons. The van der Waals surface area contributed by atoms with Crippen molar-refractivity contribution < 1.29 is 0 Å². The van der Waals surface area contributed by atoms with Crippen molar-refractivity contribution in [1.29, 1.82) is 0 Å². The van der Waals surface area contributed by atoms with E-state index in [4.69, 9.17) is 0 Å². The largest absolute Gasteiger partial charge is 0.310 e. The van der Waals surface area contributed by atoms with Crippen LogP contribution < -0.4 is 9.80 Å². The summed E-state index contributed by atoms with van der Waals surface area (Å²) in [6.07, 6.45) is 13.4. The van der Waals surface area contributed by atoms with Crippen LogP contribution in [0.4, 0.5) is 34.1 Å². The van der Waals surface area contributed by atoms with Crippen molar-refractivity contribution in [2.45, 2.75) is 76.0 Å². The first kappa shape index (κ1) is 33.0. The summed E-state index contributed by atoms with van der Waals surface area (Å²) in [5, 5.41) is 7.73. The van der Waals surface area contributed by atoms with Gasteiger partial charge in [-0.1, -0.05) is 136 Å². The first-order chi connectivity index (χ1) is 26.8. The Kier molecular flexibility index (Phi) is 8.76. The molecule has 8 aromatic carbocycles. The summed E-state index contributed by atoms with van der Waals surface area (Å²) in [5.41, 5.74) is 10.1. The molecule has 2 fully saturated rings. The van der Waals surface area contributed by atoms with E-state index in [2.05, 4.69) is 168 Å². The Morgan fingerprint density at radius 3 is 1.06 bits per heavy atom. The van der Waals surface area contributed by atoms with Crippen molar-refractivity contribution in [1.82, 2.24) is 0 Å². The SMILES string of the molecule is c1ccc(N(c2ccc(C3CCCCC3)cc2)c2ccc3ccc4c(N(c5ccccc5)c5ccc(C6CCCCC6)cc5)ccc5ccc2c3c54)cc1. The molecule has 2 aliphatic carbocycles. The lowest BCUT2D eigenvalue weighted by molar-refractivity contribution is 0.443. The molecule has 0 unspecified atom stereocenters. The highest BCUT2D eigenvalue weighted by molar-refractivity contribution is 6.28. The average molecular weight is 701 g/mol. The van der Waals surface area contributed by atoms with Gasteiger partial charge in [-0.2, -0.15) is 0 Å². The van der Waals surface area contributed by atoms with Crippen LogP contribution in [0.15, 0.2) is 158 Å². The van der Waals surface area contributed by atoms with E-state index in [0.29, 0.717) is 11.8 Å². The van der Waals surface area contributed by atoms with Gasteiger partial charge in [0.2, 0.25) is 0 Å². The second-order valence-corrected chi connectivity index (χ2v) is 15.8. The Morgan fingerprint density at radius 1 is 0.315 bits per heavy atom. The van der Waals surface area contributed by atoms with E-state index < -0.39 is 0 Å². The molecular weight excluding hydrogens is 653 g/mol. The number of hydrogen-bond donors (Lipinski definition) is 0. The number of nitrogens with zero attached hydrogens (tertiary/aromatic N) is 2. The summed E-state index contributed by atoms with van der Waals surface area (Å²) >= 11 is 0. The van der Waals surface area contributed by atoms with Crippen LogP contribution in [0.3, 0.4) is 0 Å². The zero-order valence-corrected chi connectivity index (χ0v) is 31.1. The second kappa shape index (κ2) is 14.3. The molecule has 2 aliphatic rings. The first-order valence-electron chi connectivity index (χ1n) is 20.4. The van der Waals surface area contributed by atoms with Gasteiger partial charge in [-0.25, -0.2) is 0 Å². The van der Waals surface area contributed by atoms with Crippen LogP contribution in [0.2, 0.25) is 0 Å². The topological polar surface area (TPSA) is 6.48 Å². The van der Waals surface area contributed by atoms with Crippen molar-refractivity contribution in [3.63, 3.8) is 0 Å². The van der Waals surface area contributed by atoms with Crippen molar-refractivity contribution in [2.24, 2.45) is 0 Å². The Hall–Kier alpha value is -5.60. The van der Waals surface area contributed by atoms with Gasteiger partial charge in [-0.05, 0) is 131 Å². The minimum atomic E-state index is 0.687. The maximum atomic E-state index is 2.46. The van der Waals surface area contributed by atoms with E-state index in [1.807, 2.05) is 0 Å². The zero-order valence-electron chi connectivity index (χ0n) is 31.1. The first-order valence-corrected chi connectivity index (χ1v) is 20.4. The fourth-order valence-corrected chi connectivity index (χ4v) is 9.83. The highest BCUT2D eigenvalue weighted by Gasteiger charge is 2.23. The van der Waals surface area contributed by atoms with E-state index >= 15 is 0 Å². The molecule has 0 aliphatic heterocycles. The Labute approximate surface area is 320 Å². The van der Waals surface area contributed by atoms with Crippen LogP contribution in [0.5, 0.6) is 0 Å². The van der Waals surface area contributed by atoms with Gasteiger partial charge >= 0.3 is 0 Å². The van der Waals surface area contributed by atoms with E-state index in [1.54, 1.807) is 0 Å². The molecule has 2 saturated carbocycles. The predicted octanol–water partition coefficient (Wildman–Crippen LogP) is 15.6. The minimum Gasteiger partial charge on any atom is -0.310 e. The van der Waals surface area contributed by atoms with Crippen LogP contribution in [0, 0.1) is 0 Å². The van der Waals surface area contributed by atoms with Crippen molar-refractivity contribution >= 4 is 66.4 Å². The highest BCUT2D eigenvalue weighted by atomic mass is 15.1. The zero-order chi connectivity index (χ0) is 35.8. The maximum Gasteiger partial charge on any atom is 0.0540 e. The van der Waals surface area contributed by atoms with Gasteiger partial charge in [0.05, 0.1) is 11.4 Å². The molecule has 0 aromatic heterocycles. The summed E-state index contributed by atoms with van der Waals surface area (Å²) in [6.45, 7) is 0. The third kappa shape index (κ3) is 5.99. The molecule has 2 heteroatoms. The van der Waals surface area contributed by atoms with Gasteiger partial charge in [0, 0.05) is 33.5 Å². The minimum absolute atomic E-state index is 0.687. The van der Waals surface area contributed by atoms with Gasteiger partial charge in [-0.3, -0.25) is 0 Å². The molecule has 0 saturated heterocycles. The summed E-state index contributed by atoms with van der Waals surface area (Å²) in [6, 6.07) is 59.4. The van der Waals surface area contributed by atoms with Gasteiger partial charge in [-0.15, -0.1) is 0 Å². The average Bonchev–Trinajstić information content (AvgIpc) is 3.26. The Balaban J connectivity index is 1.12. The molecule has 0 bridgehead atoms. The standard InChI is InChI=1S/C52H48N2/c1-5-13-37(14-6-1)39-21-29-45(30-22-39)53(43-17-9-3-10-18-43)49-35-27-41-26-34-48-50(36-28-42-25-33-47(49)51(41)52(42)48)54(44-19-11-4-12-20-44)46-31-23-40(24-32-46)38-15-7-2-8-16-38/h3-4,9-12,17-38H,1-2,5-8,13-16H2. The van der Waals surface area contributed by atoms with Crippen LogP contribution >= 0.6 is 0 Å². The molecule has 0 amide bonds. The summed E-state index contributed by atoms with van der Waals surface area (Å²) < 4.78 is 0. The molecule has 2 nitrogen and oxygen atoms in total. The fourth-order valence-electron chi connectivity index (χ4n) is 9.83. The Morgan fingerprint density at radius 2 is 0.667 bits per heavy atom. The van der Waals surface area contributed by atoms with Crippen LogP contribution in [0.1, 0.15) is 87.2 Å². The van der Waals surface area contributed by atoms with Crippen LogP contribution in [0.25, 0.3) is 32.3 Å². The molecule has 266 valence electrons. The van der Waals surface area contributed by atoms with Crippen LogP contribution in [-0.4, -0.2) is 0 Å². The highest BCUT2D eigenvalue weighted by Crippen LogP contribution is 2.48. The monoisotopic (exact) mass is 700 g/mol. The van der Waals surface area contributed by atoms with Crippen molar-refractivity contribution in [3.05, 3.63) is 169 Å². The third-order valence-electron chi connectivity index (χ3n) is 12.6. The molecule has 0 spiro atoms. The molecular formula is C52H48N2. The van der Waals surface area contributed by atoms with E-state index in [9.17, 15) is 0 Å². The molecule has 0 atom stereocenters. The molecule has 0 N–H and O–H groups in total. The van der Waals surface area contributed by atoms with E-state index in [-0.39, 0.29) is 0 Å². The lowest BCUT2D eigenvalue weighted by Crippen LogP contribution is -2.12. The number of rotatable bonds is 8. The number of benzene rings is 8. The summed E-state index contributed by atoms with van der Waals surface area (Å²) in [5.74, 6) is 1.37. The summed E-state index contributed by atoms with van der Waals surface area (Å²) in [4.78, 5) is 4.92. The van der Waals surface area contributed by atoms with E-state index in [1.165, 1.54) is 142 Å². The molecule has 10 rings (SSSR count). The second-order valence-electron chi connectivity index (χ2n) is 15.8. The lowest BCUT2D eigenvalue weighted by Gasteiger charge is -2.30. The maximum absolute atomic E-state index is 2.46. The van der Waals surface area contributed by atoms with Crippen molar-refractivity contribution in [3.8, 4) is 0 Å². The predicted molar refractivity (Wildman–Crippen MR) is 231 cm³/mol. The quantitative estimate of drug-likeness (QED) is 0.146. The van der Waals surface area contributed by atoms with Crippen LogP contribution in [-0.2, 0) is 0 Å². The van der Waals surface area contributed by atoms with Crippen molar-refractivity contribution in [2.75, 3.05) is 9.80 Å². The number of anilines is 6. The molecule has 8 aromatic rings. The third-order valence-corrected chi connectivity index (χ3v) is 12.6. The lowest BCUT2D eigenvalue weighted by atomic mass is 9.84. The molecule has 54 heavy (non-hydrogen) atoms. The van der Waals surface area contributed by atoms with Gasteiger partial charge in [0.25, 0.3) is 0 Å². The normalized spacial score (nSPS) is 15.6. The number of hydrogen-bond acceptors (Lipinski definition) is 2. The smallest absolute Gasteiger partial charge is 0.0540 e. The van der Waals surface area contributed by atoms with E-state index in [0.717, 1.165) is 0 Å².